The van der Waals surface area contributed by atoms with Gasteiger partial charge in [-0.2, -0.15) is 0 Å². The fraction of sp³-hybridized carbons (Fsp3) is 0.625. The number of nitrogens with two attached hydrogens (primary N) is 1. The van der Waals surface area contributed by atoms with Gasteiger partial charge in [-0.05, 0) is 60.6 Å². The minimum atomic E-state index is -3.58. The monoisotopic (exact) mass is 295 g/mol. The maximum atomic E-state index is 11.3. The van der Waals surface area contributed by atoms with Gasteiger partial charge in [-0.15, -0.1) is 0 Å². The minimum absolute atomic E-state index is 0.199. The molecule has 2 rings (SSSR count). The molecule has 112 valence electrons. The summed E-state index contributed by atoms with van der Waals surface area (Å²) in [6, 6.07) is 7.09. The second-order valence-corrected chi connectivity index (χ2v) is 8.59. The number of hydrogen-bond acceptors (Lipinski definition) is 2. The van der Waals surface area contributed by atoms with Gasteiger partial charge in [-0.1, -0.05) is 32.9 Å². The van der Waals surface area contributed by atoms with Gasteiger partial charge in [0.1, 0.15) is 0 Å². The summed E-state index contributed by atoms with van der Waals surface area (Å²) in [6.07, 6.45) is 4.89. The van der Waals surface area contributed by atoms with Crippen molar-refractivity contribution in [2.45, 2.75) is 57.3 Å². The molecule has 0 heterocycles. The Morgan fingerprint density at radius 3 is 1.90 bits per heavy atom. The molecule has 1 aliphatic rings. The van der Waals surface area contributed by atoms with Crippen LogP contribution in [0.25, 0.3) is 0 Å². The number of benzene rings is 1. The molecular weight excluding hydrogens is 270 g/mol. The number of primary sulfonamides is 1. The smallest absolute Gasteiger partial charge is 0.225 e. The van der Waals surface area contributed by atoms with E-state index in [1.165, 1.54) is 31.2 Å². The summed E-state index contributed by atoms with van der Waals surface area (Å²) in [4.78, 5) is 0.199. The predicted molar refractivity (Wildman–Crippen MR) is 82.0 cm³/mol. The van der Waals surface area contributed by atoms with Crippen LogP contribution in [-0.4, -0.2) is 8.42 Å². The van der Waals surface area contributed by atoms with Gasteiger partial charge < -0.3 is 0 Å². The Balaban J connectivity index is 2.04. The molecule has 0 aliphatic heterocycles. The van der Waals surface area contributed by atoms with Crippen molar-refractivity contribution in [1.82, 2.24) is 0 Å². The highest BCUT2D eigenvalue weighted by molar-refractivity contribution is 7.89. The van der Waals surface area contributed by atoms with Crippen LogP contribution in [0.15, 0.2) is 29.2 Å². The third-order valence-electron chi connectivity index (χ3n) is 4.63. The lowest BCUT2D eigenvalue weighted by Crippen LogP contribution is -2.25. The van der Waals surface area contributed by atoms with E-state index in [2.05, 4.69) is 20.8 Å². The molecule has 0 unspecified atom stereocenters. The van der Waals surface area contributed by atoms with Crippen molar-refractivity contribution in [3.05, 3.63) is 29.8 Å². The van der Waals surface area contributed by atoms with Crippen molar-refractivity contribution in [1.29, 1.82) is 0 Å². The Hall–Kier alpha value is -0.870. The molecule has 0 saturated heterocycles. The zero-order valence-corrected chi connectivity index (χ0v) is 13.4. The third-order valence-corrected chi connectivity index (χ3v) is 5.56. The van der Waals surface area contributed by atoms with Crippen molar-refractivity contribution in [2.75, 3.05) is 0 Å². The van der Waals surface area contributed by atoms with Crippen LogP contribution >= 0.6 is 0 Å². The lowest BCUT2D eigenvalue weighted by molar-refractivity contribution is 0.169. The Morgan fingerprint density at radius 2 is 1.50 bits per heavy atom. The summed E-state index contributed by atoms with van der Waals surface area (Å²) >= 11 is 0. The van der Waals surface area contributed by atoms with Gasteiger partial charge in [-0.3, -0.25) is 0 Å². The second-order valence-electron chi connectivity index (χ2n) is 7.03. The first kappa shape index (κ1) is 15.5. The molecule has 1 aromatic carbocycles. The third kappa shape index (κ3) is 3.61. The van der Waals surface area contributed by atoms with Crippen LogP contribution < -0.4 is 5.14 Å². The van der Waals surface area contributed by atoms with Crippen molar-refractivity contribution in [3.8, 4) is 0 Å². The van der Waals surface area contributed by atoms with Crippen molar-refractivity contribution in [2.24, 2.45) is 16.5 Å². The van der Waals surface area contributed by atoms with Gasteiger partial charge in [0, 0.05) is 0 Å². The highest BCUT2D eigenvalue weighted by atomic mass is 32.2. The summed E-state index contributed by atoms with van der Waals surface area (Å²) in [7, 11) is -3.58. The predicted octanol–water partition coefficient (Wildman–Crippen LogP) is 3.65. The summed E-state index contributed by atoms with van der Waals surface area (Å²) in [5.74, 6) is 1.35. The highest BCUT2D eigenvalue weighted by Gasteiger charge is 2.30. The topological polar surface area (TPSA) is 60.2 Å². The van der Waals surface area contributed by atoms with E-state index in [0.29, 0.717) is 11.3 Å². The molecule has 1 aliphatic carbocycles. The zero-order chi connectivity index (χ0) is 15.0. The Bertz CT molecular complexity index is 547. The van der Waals surface area contributed by atoms with E-state index in [-0.39, 0.29) is 4.90 Å². The van der Waals surface area contributed by atoms with Crippen molar-refractivity contribution < 1.29 is 8.42 Å². The highest BCUT2D eigenvalue weighted by Crippen LogP contribution is 2.43. The molecule has 0 bridgehead atoms. The average Bonchev–Trinajstić information content (AvgIpc) is 2.37. The summed E-state index contributed by atoms with van der Waals surface area (Å²) in [5, 5.41) is 5.12. The molecule has 0 radical (unpaired) electrons. The largest absolute Gasteiger partial charge is 0.238 e. The van der Waals surface area contributed by atoms with E-state index in [9.17, 15) is 8.42 Å². The lowest BCUT2D eigenvalue weighted by Gasteiger charge is -2.37. The molecule has 1 fully saturated rings. The second kappa shape index (κ2) is 5.49. The molecule has 2 N–H and O–H groups in total. The van der Waals surface area contributed by atoms with E-state index in [1.54, 1.807) is 12.1 Å². The molecule has 0 amide bonds. The number of sulfonamides is 1. The fourth-order valence-electron chi connectivity index (χ4n) is 3.22. The Morgan fingerprint density at radius 1 is 1.00 bits per heavy atom. The Kier molecular flexibility index (Phi) is 4.26. The maximum absolute atomic E-state index is 11.3. The van der Waals surface area contributed by atoms with E-state index < -0.39 is 10.0 Å². The quantitative estimate of drug-likeness (QED) is 0.905. The van der Waals surface area contributed by atoms with Gasteiger partial charge in [0.25, 0.3) is 0 Å². The van der Waals surface area contributed by atoms with Crippen molar-refractivity contribution >= 4 is 10.0 Å². The summed E-state index contributed by atoms with van der Waals surface area (Å²) < 4.78 is 22.5. The number of hydrogen-bond donors (Lipinski definition) is 1. The Labute approximate surface area is 122 Å². The van der Waals surface area contributed by atoms with Crippen LogP contribution in [0.1, 0.15) is 57.9 Å². The van der Waals surface area contributed by atoms with E-state index >= 15 is 0 Å². The van der Waals surface area contributed by atoms with E-state index in [4.69, 9.17) is 5.14 Å². The molecule has 0 spiro atoms. The minimum Gasteiger partial charge on any atom is -0.225 e. The van der Waals surface area contributed by atoms with Gasteiger partial charge in [-0.25, -0.2) is 13.6 Å². The summed E-state index contributed by atoms with van der Waals surface area (Å²) in [6.45, 7) is 6.96. The maximum Gasteiger partial charge on any atom is 0.238 e. The molecule has 0 aromatic heterocycles. The number of rotatable bonds is 2. The first-order chi connectivity index (χ1) is 9.18. The SMILES string of the molecule is CC(C)(C)C1CCC(c2ccc(S(N)(=O)=O)cc2)CC1. The van der Waals surface area contributed by atoms with Crippen LogP contribution in [0.4, 0.5) is 0 Å². The van der Waals surface area contributed by atoms with Crippen molar-refractivity contribution in [3.63, 3.8) is 0 Å². The van der Waals surface area contributed by atoms with Gasteiger partial charge in [0.05, 0.1) is 4.90 Å². The standard InChI is InChI=1S/C16H25NO2S/c1-16(2,3)14-8-4-12(5-9-14)13-6-10-15(11-7-13)20(17,18)19/h6-7,10-12,14H,4-5,8-9H2,1-3H3,(H2,17,18,19). The molecule has 1 aromatic rings. The average molecular weight is 295 g/mol. The fourth-order valence-corrected chi connectivity index (χ4v) is 3.74. The first-order valence-corrected chi connectivity index (χ1v) is 8.85. The summed E-state index contributed by atoms with van der Waals surface area (Å²) in [5.41, 5.74) is 1.63. The molecule has 4 heteroatoms. The molecule has 1 saturated carbocycles. The zero-order valence-electron chi connectivity index (χ0n) is 12.6. The normalized spacial score (nSPS) is 24.6. The van der Waals surface area contributed by atoms with Gasteiger partial charge in [0.15, 0.2) is 0 Å². The molecule has 3 nitrogen and oxygen atoms in total. The van der Waals surface area contributed by atoms with Crippen LogP contribution in [0, 0.1) is 11.3 Å². The lowest BCUT2D eigenvalue weighted by atomic mass is 9.69. The van der Waals surface area contributed by atoms with Gasteiger partial charge in [0.2, 0.25) is 10.0 Å². The van der Waals surface area contributed by atoms with Crippen LogP contribution in [-0.2, 0) is 10.0 Å². The van der Waals surface area contributed by atoms with Crippen LogP contribution in [0.2, 0.25) is 0 Å². The van der Waals surface area contributed by atoms with Crippen LogP contribution in [0.3, 0.4) is 0 Å². The molecule has 20 heavy (non-hydrogen) atoms. The van der Waals surface area contributed by atoms with Crippen LogP contribution in [0.5, 0.6) is 0 Å². The van der Waals surface area contributed by atoms with E-state index in [1.807, 2.05) is 12.1 Å². The molecular formula is C16H25NO2S. The van der Waals surface area contributed by atoms with Gasteiger partial charge >= 0.3 is 0 Å². The van der Waals surface area contributed by atoms with E-state index in [0.717, 1.165) is 5.92 Å². The first-order valence-electron chi connectivity index (χ1n) is 7.30. The molecule has 0 atom stereocenters.